The summed E-state index contributed by atoms with van der Waals surface area (Å²) in [4.78, 5) is 0. The molecule has 1 aliphatic rings. The molecule has 0 radical (unpaired) electrons. The van der Waals surface area contributed by atoms with Gasteiger partial charge in [-0.15, -0.1) is 0 Å². The Labute approximate surface area is 73.7 Å². The fourth-order valence-corrected chi connectivity index (χ4v) is 1.18. The predicted octanol–water partition coefficient (Wildman–Crippen LogP) is 0.916. The van der Waals surface area contributed by atoms with Crippen LogP contribution in [0.5, 0.6) is 0 Å². The van der Waals surface area contributed by atoms with Crippen molar-refractivity contribution in [2.24, 2.45) is 5.41 Å². The highest BCUT2D eigenvalue weighted by molar-refractivity contribution is 4.99. The minimum absolute atomic E-state index is 0.239. The second kappa shape index (κ2) is 4.44. The number of nitrogens with zero attached hydrogens (tertiary/aromatic N) is 1. The first-order valence-electron chi connectivity index (χ1n) is 4.42. The van der Waals surface area contributed by atoms with Crippen molar-refractivity contribution in [2.75, 3.05) is 26.8 Å². The van der Waals surface area contributed by atoms with Crippen molar-refractivity contribution in [3.8, 4) is 6.07 Å². The third kappa shape index (κ3) is 2.80. The van der Waals surface area contributed by atoms with Crippen molar-refractivity contribution < 1.29 is 4.74 Å². The molecule has 3 nitrogen and oxygen atoms in total. The number of ether oxygens (including phenoxy) is 1. The minimum Gasteiger partial charge on any atom is -0.380 e. The van der Waals surface area contributed by atoms with Crippen LogP contribution in [0.4, 0.5) is 0 Å². The summed E-state index contributed by atoms with van der Waals surface area (Å²) in [5.41, 5.74) is 0.239. The maximum Gasteiger partial charge on any atom is 0.0628 e. The molecule has 1 saturated carbocycles. The van der Waals surface area contributed by atoms with E-state index < -0.39 is 0 Å². The molecule has 0 aromatic carbocycles. The Bertz CT molecular complexity index is 170. The zero-order valence-corrected chi connectivity index (χ0v) is 7.60. The molecule has 1 N–H and O–H groups in total. The summed E-state index contributed by atoms with van der Waals surface area (Å²) < 4.78 is 5.44. The fraction of sp³-hybridized carbons (Fsp3) is 0.889. The van der Waals surface area contributed by atoms with Crippen LogP contribution < -0.4 is 5.32 Å². The molecule has 68 valence electrons. The number of hydrogen-bond donors (Lipinski definition) is 1. The Hall–Kier alpha value is -0.590. The van der Waals surface area contributed by atoms with E-state index in [1.165, 1.54) is 12.8 Å². The molecule has 1 rings (SSSR count). The van der Waals surface area contributed by atoms with E-state index in [4.69, 9.17) is 10.00 Å². The fourth-order valence-electron chi connectivity index (χ4n) is 1.18. The van der Waals surface area contributed by atoms with Crippen LogP contribution in [0.2, 0.25) is 0 Å². The van der Waals surface area contributed by atoms with E-state index in [0.717, 1.165) is 19.8 Å². The van der Waals surface area contributed by atoms with E-state index in [-0.39, 0.29) is 5.41 Å². The van der Waals surface area contributed by atoms with Crippen LogP contribution in [0.15, 0.2) is 0 Å². The maximum atomic E-state index is 8.53. The molecular formula is C9H16N2O. The van der Waals surface area contributed by atoms with Crippen molar-refractivity contribution in [1.82, 2.24) is 5.32 Å². The molecule has 0 atom stereocenters. The van der Waals surface area contributed by atoms with Gasteiger partial charge in [0.15, 0.2) is 0 Å². The van der Waals surface area contributed by atoms with Crippen molar-refractivity contribution in [2.45, 2.75) is 19.3 Å². The molecule has 12 heavy (non-hydrogen) atoms. The van der Waals surface area contributed by atoms with E-state index in [9.17, 15) is 0 Å². The first kappa shape index (κ1) is 9.50. The molecule has 0 heterocycles. The van der Waals surface area contributed by atoms with Crippen LogP contribution in [0.3, 0.4) is 0 Å². The van der Waals surface area contributed by atoms with Crippen LogP contribution in [0.25, 0.3) is 0 Å². The summed E-state index contributed by atoms with van der Waals surface area (Å²) in [6.07, 6.45) is 2.99. The number of hydrogen-bond acceptors (Lipinski definition) is 3. The van der Waals surface area contributed by atoms with Crippen molar-refractivity contribution in [3.63, 3.8) is 0 Å². The van der Waals surface area contributed by atoms with E-state index in [0.29, 0.717) is 6.42 Å². The van der Waals surface area contributed by atoms with Crippen LogP contribution in [0.1, 0.15) is 19.3 Å². The molecule has 0 aromatic rings. The molecule has 0 spiro atoms. The van der Waals surface area contributed by atoms with Gasteiger partial charge in [-0.2, -0.15) is 5.26 Å². The number of rotatable bonds is 6. The van der Waals surface area contributed by atoms with Gasteiger partial charge in [0, 0.05) is 18.4 Å². The van der Waals surface area contributed by atoms with E-state index >= 15 is 0 Å². The minimum atomic E-state index is 0.239. The Kier molecular flexibility index (Phi) is 3.51. The lowest BCUT2D eigenvalue weighted by molar-refractivity contribution is 0.0944. The number of nitrogens with one attached hydrogen (secondary N) is 1. The van der Waals surface area contributed by atoms with Gasteiger partial charge in [0.05, 0.1) is 19.3 Å². The van der Waals surface area contributed by atoms with Crippen molar-refractivity contribution in [3.05, 3.63) is 0 Å². The lowest BCUT2D eigenvalue weighted by Crippen LogP contribution is -2.18. The molecule has 0 saturated heterocycles. The molecule has 0 bridgehead atoms. The quantitative estimate of drug-likeness (QED) is 0.600. The maximum absolute atomic E-state index is 8.53. The van der Waals surface area contributed by atoms with Gasteiger partial charge in [-0.1, -0.05) is 0 Å². The summed E-state index contributed by atoms with van der Waals surface area (Å²) >= 11 is 0. The summed E-state index contributed by atoms with van der Waals surface area (Å²) in [5, 5.41) is 11.5. The van der Waals surface area contributed by atoms with Crippen LogP contribution in [-0.2, 0) is 4.74 Å². The first-order chi connectivity index (χ1) is 5.83. The van der Waals surface area contributed by atoms with Crippen LogP contribution in [0, 0.1) is 16.7 Å². The van der Waals surface area contributed by atoms with Gasteiger partial charge in [-0.05, 0) is 19.9 Å². The van der Waals surface area contributed by atoms with E-state index in [2.05, 4.69) is 11.4 Å². The Morgan fingerprint density at radius 3 is 2.83 bits per heavy atom. The highest BCUT2D eigenvalue weighted by atomic mass is 16.5. The van der Waals surface area contributed by atoms with Gasteiger partial charge in [0.1, 0.15) is 0 Å². The number of nitriles is 1. The normalized spacial score (nSPS) is 18.7. The molecule has 0 amide bonds. The smallest absolute Gasteiger partial charge is 0.0628 e. The van der Waals surface area contributed by atoms with Gasteiger partial charge in [-0.25, -0.2) is 0 Å². The molecular weight excluding hydrogens is 152 g/mol. The monoisotopic (exact) mass is 168 g/mol. The third-order valence-electron chi connectivity index (χ3n) is 2.32. The second-order valence-corrected chi connectivity index (χ2v) is 3.49. The van der Waals surface area contributed by atoms with Crippen LogP contribution >= 0.6 is 0 Å². The molecule has 0 unspecified atom stereocenters. The highest BCUT2D eigenvalue weighted by Gasteiger charge is 2.42. The Morgan fingerprint density at radius 2 is 2.33 bits per heavy atom. The predicted molar refractivity (Wildman–Crippen MR) is 46.6 cm³/mol. The standard InChI is InChI=1S/C9H16N2O/c1-11-6-7-12-8-9(2-3-9)4-5-10/h11H,2-4,6-8H2,1H3. The average Bonchev–Trinajstić information content (AvgIpc) is 2.81. The molecule has 0 aromatic heterocycles. The lowest BCUT2D eigenvalue weighted by Gasteiger charge is -2.10. The highest BCUT2D eigenvalue weighted by Crippen LogP contribution is 2.48. The van der Waals surface area contributed by atoms with E-state index in [1.54, 1.807) is 0 Å². The first-order valence-corrected chi connectivity index (χ1v) is 4.42. The third-order valence-corrected chi connectivity index (χ3v) is 2.32. The largest absolute Gasteiger partial charge is 0.380 e. The van der Waals surface area contributed by atoms with Gasteiger partial charge < -0.3 is 10.1 Å². The Morgan fingerprint density at radius 1 is 1.58 bits per heavy atom. The Balaban J connectivity index is 2.03. The molecule has 0 aliphatic heterocycles. The summed E-state index contributed by atoms with van der Waals surface area (Å²) in [6.45, 7) is 2.41. The zero-order chi connectivity index (χ0) is 8.86. The topological polar surface area (TPSA) is 45.0 Å². The second-order valence-electron chi connectivity index (χ2n) is 3.49. The van der Waals surface area contributed by atoms with Gasteiger partial charge in [-0.3, -0.25) is 0 Å². The summed E-state index contributed by atoms with van der Waals surface area (Å²) in [5.74, 6) is 0. The zero-order valence-electron chi connectivity index (χ0n) is 7.60. The summed E-state index contributed by atoms with van der Waals surface area (Å²) in [7, 11) is 1.91. The molecule has 1 fully saturated rings. The summed E-state index contributed by atoms with van der Waals surface area (Å²) in [6, 6.07) is 2.22. The lowest BCUT2D eigenvalue weighted by atomic mass is 10.1. The van der Waals surface area contributed by atoms with E-state index in [1.807, 2.05) is 7.05 Å². The molecule has 3 heteroatoms. The SMILES string of the molecule is CNCCOCC1(CC#N)CC1. The average molecular weight is 168 g/mol. The molecule has 1 aliphatic carbocycles. The van der Waals surface area contributed by atoms with Gasteiger partial charge >= 0.3 is 0 Å². The van der Waals surface area contributed by atoms with Crippen molar-refractivity contribution in [1.29, 1.82) is 5.26 Å². The number of likely N-dealkylation sites (N-methyl/N-ethyl adjacent to an activating group) is 1. The van der Waals surface area contributed by atoms with Gasteiger partial charge in [0.25, 0.3) is 0 Å². The van der Waals surface area contributed by atoms with Gasteiger partial charge in [0.2, 0.25) is 0 Å². The van der Waals surface area contributed by atoms with Crippen LogP contribution in [-0.4, -0.2) is 26.8 Å². The van der Waals surface area contributed by atoms with Crippen molar-refractivity contribution >= 4 is 0 Å².